The summed E-state index contributed by atoms with van der Waals surface area (Å²) in [7, 11) is 0. The van der Waals surface area contributed by atoms with Crippen molar-refractivity contribution >= 4 is 33.3 Å². The monoisotopic (exact) mass is 511 g/mol. The number of nitrogen functional groups attached to an aromatic ring is 1. The number of aromatic nitrogens is 3. The average Bonchev–Trinajstić information content (AvgIpc) is 3.36. The average molecular weight is 512 g/mol. The van der Waals surface area contributed by atoms with Crippen molar-refractivity contribution in [2.24, 2.45) is 11.8 Å². The zero-order valence-corrected chi connectivity index (χ0v) is 22.9. The number of H-pyrrole nitrogens is 2. The standard InChI is InChI=1S/C32H41N5O/c1-20-13-15-27-30(21(20)2)36-31(34-27)28-29(33)25-17-24(14-16-26(25)35-32(28)38)37(18-22-9-5-3-6-10-22)19-23-11-7-4-8-12-23/h13-17,22-23H,3-12,18-19H2,1-2H3,(H,34,36)(H3,33,35,38). The van der Waals surface area contributed by atoms with Crippen LogP contribution >= 0.6 is 0 Å². The third kappa shape index (κ3) is 4.81. The molecule has 0 radical (unpaired) electrons. The highest BCUT2D eigenvalue weighted by Gasteiger charge is 2.23. The van der Waals surface area contributed by atoms with Gasteiger partial charge in [0, 0.05) is 24.2 Å². The van der Waals surface area contributed by atoms with Gasteiger partial charge in [0.1, 0.15) is 11.4 Å². The Morgan fingerprint density at radius 1 is 0.868 bits per heavy atom. The lowest BCUT2D eigenvalue weighted by molar-refractivity contribution is 0.327. The van der Waals surface area contributed by atoms with Gasteiger partial charge in [0.2, 0.25) is 0 Å². The number of hydrogen-bond acceptors (Lipinski definition) is 4. The number of benzene rings is 2. The fraction of sp³-hybridized carbons (Fsp3) is 0.500. The molecule has 2 saturated carbocycles. The lowest BCUT2D eigenvalue weighted by Gasteiger charge is -2.35. The summed E-state index contributed by atoms with van der Waals surface area (Å²) in [5, 5.41) is 0.891. The molecule has 6 nitrogen and oxygen atoms in total. The predicted octanol–water partition coefficient (Wildman–Crippen LogP) is 7.24. The van der Waals surface area contributed by atoms with E-state index in [1.54, 1.807) is 0 Å². The van der Waals surface area contributed by atoms with Crippen LogP contribution in [0.1, 0.15) is 75.3 Å². The molecule has 2 heterocycles. The molecule has 4 N–H and O–H groups in total. The minimum Gasteiger partial charge on any atom is -0.397 e. The van der Waals surface area contributed by atoms with E-state index in [1.807, 2.05) is 12.1 Å². The van der Waals surface area contributed by atoms with E-state index in [2.05, 4.69) is 46.9 Å². The smallest absolute Gasteiger partial charge is 0.261 e. The van der Waals surface area contributed by atoms with E-state index >= 15 is 0 Å². The van der Waals surface area contributed by atoms with Crippen LogP contribution in [0.4, 0.5) is 11.4 Å². The molecule has 4 aromatic rings. The number of aryl methyl sites for hydroxylation is 2. The van der Waals surface area contributed by atoms with Crippen molar-refractivity contribution in [3.8, 4) is 11.4 Å². The second kappa shape index (κ2) is 10.5. The highest BCUT2D eigenvalue weighted by atomic mass is 16.1. The zero-order chi connectivity index (χ0) is 26.2. The molecule has 2 aliphatic rings. The maximum atomic E-state index is 13.2. The molecular weight excluding hydrogens is 470 g/mol. The lowest BCUT2D eigenvalue weighted by atomic mass is 9.86. The first kappa shape index (κ1) is 25.0. The normalized spacial score (nSPS) is 17.4. The molecule has 0 unspecified atom stereocenters. The van der Waals surface area contributed by atoms with Crippen LogP contribution < -0.4 is 16.2 Å². The summed E-state index contributed by atoms with van der Waals surface area (Å²) < 4.78 is 0. The van der Waals surface area contributed by atoms with E-state index in [-0.39, 0.29) is 5.56 Å². The zero-order valence-electron chi connectivity index (χ0n) is 22.9. The molecule has 2 aromatic carbocycles. The Kier molecular flexibility index (Phi) is 6.89. The van der Waals surface area contributed by atoms with Gasteiger partial charge in [-0.15, -0.1) is 0 Å². The van der Waals surface area contributed by atoms with E-state index in [9.17, 15) is 4.79 Å². The second-order valence-corrected chi connectivity index (χ2v) is 11.9. The van der Waals surface area contributed by atoms with E-state index in [0.29, 0.717) is 17.1 Å². The fourth-order valence-corrected chi connectivity index (χ4v) is 6.82. The molecule has 200 valence electrons. The number of rotatable bonds is 6. The van der Waals surface area contributed by atoms with Crippen molar-refractivity contribution in [2.45, 2.75) is 78.1 Å². The number of nitrogens with one attached hydrogen (secondary N) is 2. The highest BCUT2D eigenvalue weighted by Crippen LogP contribution is 2.34. The first-order chi connectivity index (χ1) is 18.5. The molecule has 6 heteroatoms. The van der Waals surface area contributed by atoms with E-state index in [1.165, 1.54) is 75.5 Å². The van der Waals surface area contributed by atoms with Crippen molar-refractivity contribution in [2.75, 3.05) is 23.7 Å². The summed E-state index contributed by atoms with van der Waals surface area (Å²) >= 11 is 0. The Morgan fingerprint density at radius 3 is 2.16 bits per heavy atom. The molecule has 0 saturated heterocycles. The first-order valence-corrected chi connectivity index (χ1v) is 14.6. The van der Waals surface area contributed by atoms with Gasteiger partial charge in [0.05, 0.1) is 22.2 Å². The molecule has 2 aliphatic carbocycles. The van der Waals surface area contributed by atoms with Gasteiger partial charge in [0.15, 0.2) is 0 Å². The Morgan fingerprint density at radius 2 is 1.50 bits per heavy atom. The summed E-state index contributed by atoms with van der Waals surface area (Å²) in [6.07, 6.45) is 13.5. The van der Waals surface area contributed by atoms with Crippen LogP contribution in [0.5, 0.6) is 0 Å². The lowest BCUT2D eigenvalue weighted by Crippen LogP contribution is -2.35. The Bertz CT molecular complexity index is 1480. The molecule has 0 bridgehead atoms. The number of hydrogen-bond donors (Lipinski definition) is 3. The summed E-state index contributed by atoms with van der Waals surface area (Å²) in [5.74, 6) is 2.04. The minimum absolute atomic E-state index is 0.211. The molecule has 0 atom stereocenters. The summed E-state index contributed by atoms with van der Waals surface area (Å²) in [4.78, 5) is 27.1. The number of nitrogens with two attached hydrogens (primary N) is 1. The van der Waals surface area contributed by atoms with E-state index in [4.69, 9.17) is 10.7 Å². The number of imidazole rings is 1. The molecule has 0 amide bonds. The maximum absolute atomic E-state index is 13.2. The summed E-state index contributed by atoms with van der Waals surface area (Å²) in [6.45, 7) is 6.37. The molecule has 2 aromatic heterocycles. The Labute approximate surface area is 225 Å². The van der Waals surface area contributed by atoms with Crippen LogP contribution in [0.25, 0.3) is 33.3 Å². The van der Waals surface area contributed by atoms with Gasteiger partial charge in [-0.05, 0) is 86.8 Å². The molecular formula is C32H41N5O. The third-order valence-corrected chi connectivity index (χ3v) is 9.23. The molecule has 6 rings (SSSR count). The molecule has 2 fully saturated rings. The van der Waals surface area contributed by atoms with E-state index in [0.717, 1.165) is 52.4 Å². The number of aromatic amines is 2. The molecule has 0 aliphatic heterocycles. The van der Waals surface area contributed by atoms with Crippen LogP contribution in [0.3, 0.4) is 0 Å². The number of anilines is 2. The van der Waals surface area contributed by atoms with Crippen molar-refractivity contribution < 1.29 is 0 Å². The second-order valence-electron chi connectivity index (χ2n) is 11.9. The predicted molar refractivity (Wildman–Crippen MR) is 159 cm³/mol. The SMILES string of the molecule is Cc1ccc2[nH]c(-c3c(N)c4cc(N(CC5CCCCC5)CC5CCCCC5)ccc4[nH]c3=O)nc2c1C. The van der Waals surface area contributed by atoms with Crippen LogP contribution in [0.15, 0.2) is 35.1 Å². The van der Waals surface area contributed by atoms with Gasteiger partial charge < -0.3 is 20.6 Å². The van der Waals surface area contributed by atoms with Gasteiger partial charge in [-0.25, -0.2) is 4.98 Å². The van der Waals surface area contributed by atoms with Crippen LogP contribution in [0, 0.1) is 25.7 Å². The Balaban J connectivity index is 1.40. The van der Waals surface area contributed by atoms with Gasteiger partial charge >= 0.3 is 0 Å². The molecule has 38 heavy (non-hydrogen) atoms. The van der Waals surface area contributed by atoms with Crippen molar-refractivity contribution in [3.05, 3.63) is 51.8 Å². The summed E-state index contributed by atoms with van der Waals surface area (Å²) in [5.41, 5.74) is 13.6. The van der Waals surface area contributed by atoms with E-state index < -0.39 is 0 Å². The van der Waals surface area contributed by atoms with Crippen molar-refractivity contribution in [1.29, 1.82) is 0 Å². The topological polar surface area (TPSA) is 90.8 Å². The van der Waals surface area contributed by atoms with Crippen LogP contribution in [-0.4, -0.2) is 28.0 Å². The van der Waals surface area contributed by atoms with Gasteiger partial charge in [-0.2, -0.15) is 0 Å². The maximum Gasteiger partial charge on any atom is 0.261 e. The third-order valence-electron chi connectivity index (χ3n) is 9.23. The van der Waals surface area contributed by atoms with Crippen LogP contribution in [-0.2, 0) is 0 Å². The highest BCUT2D eigenvalue weighted by molar-refractivity contribution is 5.99. The fourth-order valence-electron chi connectivity index (χ4n) is 6.82. The van der Waals surface area contributed by atoms with Gasteiger partial charge in [-0.3, -0.25) is 4.79 Å². The summed E-state index contributed by atoms with van der Waals surface area (Å²) in [6, 6.07) is 10.5. The molecule has 0 spiro atoms. The number of fused-ring (bicyclic) bond motifs is 2. The van der Waals surface area contributed by atoms with Crippen molar-refractivity contribution in [3.63, 3.8) is 0 Å². The minimum atomic E-state index is -0.211. The Hall–Kier alpha value is -3.28. The number of pyridine rings is 1. The number of nitrogens with zero attached hydrogens (tertiary/aromatic N) is 2. The first-order valence-electron chi connectivity index (χ1n) is 14.6. The quantitative estimate of drug-likeness (QED) is 0.254. The van der Waals surface area contributed by atoms with Crippen LogP contribution in [0.2, 0.25) is 0 Å². The van der Waals surface area contributed by atoms with Gasteiger partial charge in [0.25, 0.3) is 5.56 Å². The van der Waals surface area contributed by atoms with Crippen molar-refractivity contribution in [1.82, 2.24) is 15.0 Å². The largest absolute Gasteiger partial charge is 0.397 e. The van der Waals surface area contributed by atoms with Gasteiger partial charge in [-0.1, -0.05) is 44.6 Å².